The molecule has 2 aromatic carbocycles. The van der Waals surface area contributed by atoms with Crippen LogP contribution in [0.3, 0.4) is 0 Å². The van der Waals surface area contributed by atoms with E-state index in [0.29, 0.717) is 0 Å². The third kappa shape index (κ3) is 4.57. The van der Waals surface area contributed by atoms with Gasteiger partial charge in [-0.15, -0.1) is 0 Å². The standard InChI is InChI=1S/C20H21BrN4/c1-3-25(14-16-7-5-4-6-8-16)20-22-12-11-19(24-20)23-17-9-10-18(21)15(2)13-17/h4-13H,3,14H2,1-2H3,(H,22,23,24). The lowest BCUT2D eigenvalue weighted by Gasteiger charge is -2.21. The maximum absolute atomic E-state index is 4.68. The fourth-order valence-corrected chi connectivity index (χ4v) is 2.82. The van der Waals surface area contributed by atoms with Gasteiger partial charge in [0.2, 0.25) is 5.95 Å². The molecule has 128 valence electrons. The van der Waals surface area contributed by atoms with Gasteiger partial charge >= 0.3 is 0 Å². The Bertz CT molecular complexity index is 836. The summed E-state index contributed by atoms with van der Waals surface area (Å²) in [7, 11) is 0. The van der Waals surface area contributed by atoms with Crippen molar-refractivity contribution in [2.75, 3.05) is 16.8 Å². The average molecular weight is 397 g/mol. The van der Waals surface area contributed by atoms with E-state index in [4.69, 9.17) is 0 Å². The Hall–Kier alpha value is -2.40. The summed E-state index contributed by atoms with van der Waals surface area (Å²) in [6.07, 6.45) is 1.80. The van der Waals surface area contributed by atoms with Gasteiger partial charge in [-0.25, -0.2) is 4.98 Å². The largest absolute Gasteiger partial charge is 0.340 e. The fraction of sp³-hybridized carbons (Fsp3) is 0.200. The Morgan fingerprint density at radius 3 is 2.60 bits per heavy atom. The first-order valence-electron chi connectivity index (χ1n) is 8.31. The predicted octanol–water partition coefficient (Wildman–Crippen LogP) is 5.32. The summed E-state index contributed by atoms with van der Waals surface area (Å²) >= 11 is 3.53. The maximum Gasteiger partial charge on any atom is 0.227 e. The quantitative estimate of drug-likeness (QED) is 0.612. The molecule has 1 N–H and O–H groups in total. The van der Waals surface area contributed by atoms with Crippen molar-refractivity contribution >= 4 is 33.4 Å². The number of rotatable bonds is 6. The van der Waals surface area contributed by atoms with Crippen molar-refractivity contribution in [3.05, 3.63) is 76.4 Å². The van der Waals surface area contributed by atoms with Crippen LogP contribution in [0.5, 0.6) is 0 Å². The first kappa shape index (κ1) is 17.4. The van der Waals surface area contributed by atoms with Crippen LogP contribution in [0.15, 0.2) is 65.3 Å². The Kier molecular flexibility index (Phi) is 5.66. The molecule has 25 heavy (non-hydrogen) atoms. The van der Waals surface area contributed by atoms with Crippen LogP contribution in [0.25, 0.3) is 0 Å². The SMILES string of the molecule is CCN(Cc1ccccc1)c1nccc(Nc2ccc(Br)c(C)c2)n1. The van der Waals surface area contributed by atoms with Crippen molar-refractivity contribution in [1.29, 1.82) is 0 Å². The minimum atomic E-state index is 0.727. The Labute approximate surface area is 157 Å². The summed E-state index contributed by atoms with van der Waals surface area (Å²) in [6.45, 7) is 5.82. The molecule has 0 aliphatic heterocycles. The summed E-state index contributed by atoms with van der Waals surface area (Å²) < 4.78 is 1.10. The smallest absolute Gasteiger partial charge is 0.227 e. The Morgan fingerprint density at radius 1 is 1.08 bits per heavy atom. The Balaban J connectivity index is 1.78. The third-order valence-corrected chi connectivity index (χ3v) is 4.84. The molecule has 0 aliphatic carbocycles. The minimum absolute atomic E-state index is 0.727. The number of nitrogens with zero attached hydrogens (tertiary/aromatic N) is 3. The van der Waals surface area contributed by atoms with Crippen molar-refractivity contribution in [2.45, 2.75) is 20.4 Å². The van der Waals surface area contributed by atoms with E-state index in [2.05, 4.69) is 80.3 Å². The molecule has 0 bridgehead atoms. The number of nitrogens with one attached hydrogen (secondary N) is 1. The van der Waals surface area contributed by atoms with Gasteiger partial charge in [-0.1, -0.05) is 46.3 Å². The highest BCUT2D eigenvalue weighted by atomic mass is 79.9. The van der Waals surface area contributed by atoms with Crippen molar-refractivity contribution in [1.82, 2.24) is 9.97 Å². The molecule has 0 amide bonds. The molecule has 0 radical (unpaired) electrons. The van der Waals surface area contributed by atoms with Crippen molar-refractivity contribution in [2.24, 2.45) is 0 Å². The van der Waals surface area contributed by atoms with Gasteiger partial charge in [-0.2, -0.15) is 4.98 Å². The molecule has 0 atom stereocenters. The zero-order valence-electron chi connectivity index (χ0n) is 14.4. The van der Waals surface area contributed by atoms with E-state index in [1.807, 2.05) is 24.3 Å². The van der Waals surface area contributed by atoms with E-state index in [9.17, 15) is 0 Å². The second-order valence-electron chi connectivity index (χ2n) is 5.83. The highest BCUT2D eigenvalue weighted by Crippen LogP contribution is 2.23. The number of hydrogen-bond acceptors (Lipinski definition) is 4. The average Bonchev–Trinajstić information content (AvgIpc) is 2.64. The summed E-state index contributed by atoms with van der Waals surface area (Å²) in [5.74, 6) is 1.52. The van der Waals surface area contributed by atoms with Crippen molar-refractivity contribution in [3.63, 3.8) is 0 Å². The molecule has 5 heteroatoms. The number of hydrogen-bond donors (Lipinski definition) is 1. The number of halogens is 1. The maximum atomic E-state index is 4.68. The van der Waals surface area contributed by atoms with Gasteiger partial charge < -0.3 is 10.2 Å². The Morgan fingerprint density at radius 2 is 1.88 bits per heavy atom. The third-order valence-electron chi connectivity index (χ3n) is 3.95. The molecule has 3 rings (SSSR count). The molecule has 3 aromatic rings. The van der Waals surface area contributed by atoms with E-state index in [1.165, 1.54) is 11.1 Å². The highest BCUT2D eigenvalue weighted by Gasteiger charge is 2.09. The minimum Gasteiger partial charge on any atom is -0.340 e. The lowest BCUT2D eigenvalue weighted by atomic mass is 10.2. The second kappa shape index (κ2) is 8.12. The number of benzene rings is 2. The molecule has 1 heterocycles. The summed E-state index contributed by atoms with van der Waals surface area (Å²) in [6, 6.07) is 18.4. The van der Waals surface area contributed by atoms with Crippen molar-refractivity contribution < 1.29 is 0 Å². The molecule has 0 unspecified atom stereocenters. The lowest BCUT2D eigenvalue weighted by molar-refractivity contribution is 0.792. The number of aromatic nitrogens is 2. The first-order valence-corrected chi connectivity index (χ1v) is 9.10. The zero-order valence-corrected chi connectivity index (χ0v) is 16.0. The van der Waals surface area contributed by atoms with Gasteiger partial charge in [0.05, 0.1) is 0 Å². The van der Waals surface area contributed by atoms with Gasteiger partial charge in [0, 0.05) is 29.4 Å². The van der Waals surface area contributed by atoms with Crippen LogP contribution in [-0.4, -0.2) is 16.5 Å². The van der Waals surface area contributed by atoms with Gasteiger partial charge in [0.25, 0.3) is 0 Å². The highest BCUT2D eigenvalue weighted by molar-refractivity contribution is 9.10. The van der Waals surface area contributed by atoms with E-state index in [1.54, 1.807) is 6.20 Å². The van der Waals surface area contributed by atoms with Gasteiger partial charge in [0.1, 0.15) is 5.82 Å². The van der Waals surface area contributed by atoms with Crippen LogP contribution in [0.4, 0.5) is 17.5 Å². The van der Waals surface area contributed by atoms with Crippen LogP contribution in [0.2, 0.25) is 0 Å². The predicted molar refractivity (Wildman–Crippen MR) is 107 cm³/mol. The molecule has 4 nitrogen and oxygen atoms in total. The van der Waals surface area contributed by atoms with Gasteiger partial charge in [-0.3, -0.25) is 0 Å². The van der Waals surface area contributed by atoms with E-state index < -0.39 is 0 Å². The molecule has 1 aromatic heterocycles. The normalized spacial score (nSPS) is 10.5. The van der Waals surface area contributed by atoms with E-state index >= 15 is 0 Å². The van der Waals surface area contributed by atoms with Crippen LogP contribution in [-0.2, 0) is 6.54 Å². The molecule has 0 aliphatic rings. The monoisotopic (exact) mass is 396 g/mol. The van der Waals surface area contributed by atoms with Gasteiger partial charge in [-0.05, 0) is 49.2 Å². The van der Waals surface area contributed by atoms with Crippen molar-refractivity contribution in [3.8, 4) is 0 Å². The molecule has 0 saturated heterocycles. The zero-order chi connectivity index (χ0) is 17.6. The lowest BCUT2D eigenvalue weighted by Crippen LogP contribution is -2.24. The fourth-order valence-electron chi connectivity index (χ4n) is 2.57. The summed E-state index contributed by atoms with van der Waals surface area (Å²) in [5.41, 5.74) is 3.44. The molecule has 0 spiro atoms. The van der Waals surface area contributed by atoms with Crippen LogP contribution in [0, 0.1) is 6.92 Å². The van der Waals surface area contributed by atoms with Crippen LogP contribution >= 0.6 is 15.9 Å². The second-order valence-corrected chi connectivity index (χ2v) is 6.68. The number of aryl methyl sites for hydroxylation is 1. The number of anilines is 3. The van der Waals surface area contributed by atoms with Gasteiger partial charge in [0.15, 0.2) is 0 Å². The summed E-state index contributed by atoms with van der Waals surface area (Å²) in [4.78, 5) is 11.3. The topological polar surface area (TPSA) is 41.1 Å². The molecule has 0 fully saturated rings. The first-order chi connectivity index (χ1) is 12.2. The van der Waals surface area contributed by atoms with E-state index in [-0.39, 0.29) is 0 Å². The van der Waals surface area contributed by atoms with Crippen LogP contribution in [0.1, 0.15) is 18.1 Å². The summed E-state index contributed by atoms with van der Waals surface area (Å²) in [5, 5.41) is 3.36. The van der Waals surface area contributed by atoms with E-state index in [0.717, 1.165) is 35.0 Å². The molecule has 0 saturated carbocycles. The molecular formula is C20H21BrN4. The van der Waals surface area contributed by atoms with Crippen LogP contribution < -0.4 is 10.2 Å². The molecular weight excluding hydrogens is 376 g/mol.